The first-order valence-electron chi connectivity index (χ1n) is 5.75. The monoisotopic (exact) mass is 382 g/mol. The van der Waals surface area contributed by atoms with Gasteiger partial charge in [-0.2, -0.15) is 0 Å². The Morgan fingerprint density at radius 2 is 1.68 bits per heavy atom. The highest BCUT2D eigenvalue weighted by Gasteiger charge is 2.44. The topological polar surface area (TPSA) is 99.4 Å². The quantitative estimate of drug-likeness (QED) is 0.525. The maximum atomic E-state index is 9.79. The van der Waals surface area contributed by atoms with Gasteiger partial charge in [-0.15, -0.1) is 0 Å². The molecule has 6 nitrogen and oxygen atoms in total. The van der Waals surface area contributed by atoms with Crippen LogP contribution in [0.4, 0.5) is 0 Å². The predicted molar refractivity (Wildman–Crippen MR) is 73.6 cm³/mol. The van der Waals surface area contributed by atoms with Crippen molar-refractivity contribution in [3.63, 3.8) is 0 Å². The van der Waals surface area contributed by atoms with Crippen molar-refractivity contribution in [2.24, 2.45) is 0 Å². The fraction of sp³-hybridized carbons (Fsp3) is 0.500. The molecule has 5 atom stereocenters. The molecule has 0 spiro atoms. The van der Waals surface area contributed by atoms with Crippen molar-refractivity contribution in [1.82, 2.24) is 0 Å². The summed E-state index contributed by atoms with van der Waals surface area (Å²) in [6, 6.07) is 7.03. The van der Waals surface area contributed by atoms with Crippen LogP contribution in [0.3, 0.4) is 0 Å². The average molecular weight is 382 g/mol. The second-order valence-corrected chi connectivity index (χ2v) is 5.51. The summed E-state index contributed by atoms with van der Waals surface area (Å²) in [4.78, 5) is 0. The SMILES string of the molecule is OCC1OC(Oc2ccc(I)cc2)C(O)C(O)C1O. The lowest BCUT2D eigenvalue weighted by Gasteiger charge is -2.39. The summed E-state index contributed by atoms with van der Waals surface area (Å²) in [7, 11) is 0. The number of hydrogen-bond acceptors (Lipinski definition) is 6. The smallest absolute Gasteiger partial charge is 0.229 e. The van der Waals surface area contributed by atoms with Crippen LogP contribution in [0.15, 0.2) is 24.3 Å². The Morgan fingerprint density at radius 1 is 1.05 bits per heavy atom. The molecule has 1 aliphatic rings. The van der Waals surface area contributed by atoms with Crippen LogP contribution < -0.4 is 4.74 Å². The zero-order chi connectivity index (χ0) is 14.0. The molecule has 0 aromatic heterocycles. The molecular weight excluding hydrogens is 367 g/mol. The minimum atomic E-state index is -1.43. The van der Waals surface area contributed by atoms with Crippen LogP contribution in [-0.2, 0) is 4.74 Å². The molecule has 0 aliphatic carbocycles. The minimum absolute atomic E-state index is 0.463. The number of hydrogen-bond donors (Lipinski definition) is 4. The van der Waals surface area contributed by atoms with E-state index in [1.165, 1.54) is 0 Å². The third kappa shape index (κ3) is 3.36. The molecule has 1 aromatic rings. The maximum Gasteiger partial charge on any atom is 0.229 e. The Hall–Kier alpha value is -0.450. The molecule has 1 heterocycles. The van der Waals surface area contributed by atoms with Crippen molar-refractivity contribution < 1.29 is 29.9 Å². The second kappa shape index (κ2) is 6.33. The van der Waals surface area contributed by atoms with Crippen LogP contribution in [0.5, 0.6) is 5.75 Å². The van der Waals surface area contributed by atoms with Crippen LogP contribution in [-0.4, -0.2) is 57.7 Å². The van der Waals surface area contributed by atoms with Crippen molar-refractivity contribution in [1.29, 1.82) is 0 Å². The van der Waals surface area contributed by atoms with E-state index in [4.69, 9.17) is 14.6 Å². The third-order valence-electron chi connectivity index (χ3n) is 2.91. The lowest BCUT2D eigenvalue weighted by atomic mass is 9.99. The van der Waals surface area contributed by atoms with Gasteiger partial charge in [0, 0.05) is 3.57 Å². The molecule has 1 saturated heterocycles. The minimum Gasteiger partial charge on any atom is -0.462 e. The maximum absolute atomic E-state index is 9.79. The van der Waals surface area contributed by atoms with Gasteiger partial charge in [0.1, 0.15) is 30.2 Å². The molecule has 5 unspecified atom stereocenters. The molecule has 106 valence electrons. The molecule has 1 aromatic carbocycles. The lowest BCUT2D eigenvalue weighted by Crippen LogP contribution is -2.60. The van der Waals surface area contributed by atoms with Gasteiger partial charge in [0.2, 0.25) is 6.29 Å². The van der Waals surface area contributed by atoms with E-state index in [9.17, 15) is 15.3 Å². The Kier molecular flexibility index (Phi) is 4.98. The Labute approximate surface area is 123 Å². The van der Waals surface area contributed by atoms with Gasteiger partial charge >= 0.3 is 0 Å². The van der Waals surface area contributed by atoms with E-state index in [2.05, 4.69) is 22.6 Å². The number of rotatable bonds is 3. The molecule has 0 bridgehead atoms. The molecule has 19 heavy (non-hydrogen) atoms. The van der Waals surface area contributed by atoms with E-state index in [0.29, 0.717) is 5.75 Å². The molecule has 4 N–H and O–H groups in total. The number of aliphatic hydroxyl groups excluding tert-OH is 4. The van der Waals surface area contributed by atoms with Crippen molar-refractivity contribution >= 4 is 22.6 Å². The number of ether oxygens (including phenoxy) is 2. The summed E-state index contributed by atoms with van der Waals surface area (Å²) in [6.07, 6.45) is -6.31. The highest BCUT2D eigenvalue weighted by molar-refractivity contribution is 14.1. The largest absolute Gasteiger partial charge is 0.462 e. The van der Waals surface area contributed by atoms with E-state index >= 15 is 0 Å². The van der Waals surface area contributed by atoms with E-state index in [0.717, 1.165) is 3.57 Å². The van der Waals surface area contributed by atoms with Gasteiger partial charge in [0.25, 0.3) is 0 Å². The standard InChI is InChI=1S/C12H15IO6/c13-6-1-3-7(4-2-6)18-12-11(17)10(16)9(15)8(5-14)19-12/h1-4,8-12,14-17H,5H2. The summed E-state index contributed by atoms with van der Waals surface area (Å²) < 4.78 is 11.7. The zero-order valence-electron chi connectivity index (χ0n) is 9.89. The second-order valence-electron chi connectivity index (χ2n) is 4.27. The molecule has 0 saturated carbocycles. The van der Waals surface area contributed by atoms with Crippen LogP contribution in [0, 0.1) is 3.57 Å². The fourth-order valence-electron chi connectivity index (χ4n) is 1.81. The van der Waals surface area contributed by atoms with E-state index < -0.39 is 37.3 Å². The zero-order valence-corrected chi connectivity index (χ0v) is 12.0. The molecule has 7 heteroatoms. The fourth-order valence-corrected chi connectivity index (χ4v) is 2.17. The first kappa shape index (κ1) is 14.9. The van der Waals surface area contributed by atoms with Gasteiger partial charge < -0.3 is 29.9 Å². The van der Waals surface area contributed by atoms with Gasteiger partial charge in [-0.1, -0.05) is 0 Å². The normalized spacial score (nSPS) is 35.1. The van der Waals surface area contributed by atoms with E-state index in [-0.39, 0.29) is 0 Å². The summed E-state index contributed by atoms with van der Waals surface area (Å²) in [5.41, 5.74) is 0. The first-order valence-corrected chi connectivity index (χ1v) is 6.83. The highest BCUT2D eigenvalue weighted by Crippen LogP contribution is 2.24. The van der Waals surface area contributed by atoms with Gasteiger partial charge in [-0.3, -0.25) is 0 Å². The van der Waals surface area contributed by atoms with Crippen LogP contribution in [0.25, 0.3) is 0 Å². The summed E-state index contributed by atoms with van der Waals surface area (Å²) in [6.45, 7) is -0.475. The van der Waals surface area contributed by atoms with E-state index in [1.807, 2.05) is 12.1 Å². The summed E-state index contributed by atoms with van der Waals surface area (Å²) in [5, 5.41) is 38.1. The highest BCUT2D eigenvalue weighted by atomic mass is 127. The Bertz CT molecular complexity index is 409. The molecular formula is C12H15IO6. The summed E-state index contributed by atoms with van der Waals surface area (Å²) in [5.74, 6) is 0.463. The first-order chi connectivity index (χ1) is 9.02. The van der Waals surface area contributed by atoms with Gasteiger partial charge in [-0.25, -0.2) is 0 Å². The molecule has 0 radical (unpaired) electrons. The van der Waals surface area contributed by atoms with Crippen LogP contribution in [0.1, 0.15) is 0 Å². The third-order valence-corrected chi connectivity index (χ3v) is 3.63. The molecule has 1 aliphatic heterocycles. The lowest BCUT2D eigenvalue weighted by molar-refractivity contribution is -0.277. The molecule has 1 fully saturated rings. The Balaban J connectivity index is 2.08. The van der Waals surface area contributed by atoms with E-state index in [1.54, 1.807) is 12.1 Å². The van der Waals surface area contributed by atoms with Crippen molar-refractivity contribution in [3.05, 3.63) is 27.8 Å². The number of halogens is 1. The Morgan fingerprint density at radius 3 is 2.26 bits per heavy atom. The number of benzene rings is 1. The average Bonchev–Trinajstić information content (AvgIpc) is 2.42. The van der Waals surface area contributed by atoms with Crippen molar-refractivity contribution in [2.75, 3.05) is 6.61 Å². The van der Waals surface area contributed by atoms with Gasteiger partial charge in [0.05, 0.1) is 6.61 Å². The van der Waals surface area contributed by atoms with Crippen LogP contribution >= 0.6 is 22.6 Å². The van der Waals surface area contributed by atoms with Crippen molar-refractivity contribution in [3.8, 4) is 5.75 Å². The van der Waals surface area contributed by atoms with Gasteiger partial charge in [-0.05, 0) is 46.9 Å². The summed E-state index contributed by atoms with van der Waals surface area (Å²) >= 11 is 2.14. The molecule has 0 amide bonds. The molecule has 2 rings (SSSR count). The van der Waals surface area contributed by atoms with Crippen molar-refractivity contribution in [2.45, 2.75) is 30.7 Å². The van der Waals surface area contributed by atoms with Gasteiger partial charge in [0.15, 0.2) is 0 Å². The number of aliphatic hydroxyl groups is 4. The van der Waals surface area contributed by atoms with Crippen LogP contribution in [0.2, 0.25) is 0 Å². The predicted octanol–water partition coefficient (Wildman–Crippen LogP) is -0.530.